The average molecular weight is 281 g/mol. The second-order valence-electron chi connectivity index (χ2n) is 4.48. The number of imidazole rings is 1. The number of rotatable bonds is 1. The molecular weight excluding hydrogens is 272 g/mol. The molecule has 2 heterocycles. The van der Waals surface area contributed by atoms with Crippen molar-refractivity contribution in [3.05, 3.63) is 53.8 Å². The molecule has 0 radical (unpaired) electrons. The van der Waals surface area contributed by atoms with Crippen LogP contribution in [0.5, 0.6) is 0 Å². The highest BCUT2D eigenvalue weighted by atomic mass is 35.5. The van der Waals surface area contributed by atoms with E-state index >= 15 is 0 Å². The molecule has 4 rings (SSSR count). The van der Waals surface area contributed by atoms with Gasteiger partial charge in [0.1, 0.15) is 11.3 Å². The zero-order valence-corrected chi connectivity index (χ0v) is 11.1. The minimum atomic E-state index is 0.644. The van der Waals surface area contributed by atoms with Crippen LogP contribution in [0.25, 0.3) is 33.5 Å². The van der Waals surface area contributed by atoms with Crippen LogP contribution in [0.3, 0.4) is 0 Å². The molecule has 1 N–H and O–H groups in total. The standard InChI is InChI=1S/C15H9ClN4/c16-10-2-1-3-12-14(10)20-15(19-12)9-4-5-11-13(8-9)18-7-6-17-11/h1-8H,(H,19,20). The first-order valence-corrected chi connectivity index (χ1v) is 6.54. The largest absolute Gasteiger partial charge is 0.338 e. The van der Waals surface area contributed by atoms with Crippen LogP contribution in [0.15, 0.2) is 48.8 Å². The highest BCUT2D eigenvalue weighted by Gasteiger charge is 2.08. The molecule has 4 nitrogen and oxygen atoms in total. The van der Waals surface area contributed by atoms with Crippen molar-refractivity contribution in [3.63, 3.8) is 0 Å². The minimum Gasteiger partial charge on any atom is -0.338 e. The SMILES string of the molecule is Clc1cccc2[nH]c(-c3ccc4nccnc4c3)nc12. The first-order valence-electron chi connectivity index (χ1n) is 6.17. The number of hydrogen-bond acceptors (Lipinski definition) is 3. The van der Waals surface area contributed by atoms with Crippen LogP contribution in [-0.2, 0) is 0 Å². The van der Waals surface area contributed by atoms with Crippen LogP contribution in [-0.4, -0.2) is 19.9 Å². The smallest absolute Gasteiger partial charge is 0.138 e. The van der Waals surface area contributed by atoms with Crippen molar-refractivity contribution in [2.45, 2.75) is 0 Å². The fourth-order valence-corrected chi connectivity index (χ4v) is 2.46. The zero-order valence-electron chi connectivity index (χ0n) is 10.3. The molecule has 96 valence electrons. The second kappa shape index (κ2) is 4.28. The van der Waals surface area contributed by atoms with Crippen LogP contribution < -0.4 is 0 Å². The Morgan fingerprint density at radius 2 is 1.80 bits per heavy atom. The Kier molecular flexibility index (Phi) is 2.44. The lowest BCUT2D eigenvalue weighted by atomic mass is 10.2. The van der Waals surface area contributed by atoms with Gasteiger partial charge in [-0.25, -0.2) is 4.98 Å². The summed E-state index contributed by atoms with van der Waals surface area (Å²) in [5.74, 6) is 0.778. The van der Waals surface area contributed by atoms with Gasteiger partial charge >= 0.3 is 0 Å². The molecule has 0 bridgehead atoms. The number of nitrogens with one attached hydrogen (secondary N) is 1. The summed E-state index contributed by atoms with van der Waals surface area (Å²) in [6.45, 7) is 0. The number of hydrogen-bond donors (Lipinski definition) is 1. The van der Waals surface area contributed by atoms with Crippen molar-refractivity contribution in [2.24, 2.45) is 0 Å². The third kappa shape index (κ3) is 1.73. The van der Waals surface area contributed by atoms with E-state index in [0.717, 1.165) is 33.5 Å². The van der Waals surface area contributed by atoms with Gasteiger partial charge in [0.15, 0.2) is 0 Å². The predicted octanol–water partition coefficient (Wildman–Crippen LogP) is 3.83. The molecule has 0 aliphatic rings. The van der Waals surface area contributed by atoms with Crippen molar-refractivity contribution in [1.29, 1.82) is 0 Å². The maximum Gasteiger partial charge on any atom is 0.138 e. The number of aromatic nitrogens is 4. The molecule has 0 aliphatic carbocycles. The van der Waals surface area contributed by atoms with E-state index in [-0.39, 0.29) is 0 Å². The maximum absolute atomic E-state index is 6.15. The highest BCUT2D eigenvalue weighted by Crippen LogP contribution is 2.26. The van der Waals surface area contributed by atoms with Gasteiger partial charge in [-0.3, -0.25) is 9.97 Å². The normalized spacial score (nSPS) is 11.2. The highest BCUT2D eigenvalue weighted by molar-refractivity contribution is 6.35. The molecule has 20 heavy (non-hydrogen) atoms. The summed E-state index contributed by atoms with van der Waals surface area (Å²) in [5, 5.41) is 0.644. The van der Waals surface area contributed by atoms with E-state index in [4.69, 9.17) is 11.6 Å². The Balaban J connectivity index is 1.94. The van der Waals surface area contributed by atoms with E-state index in [9.17, 15) is 0 Å². The third-order valence-corrected chi connectivity index (χ3v) is 3.51. The summed E-state index contributed by atoms with van der Waals surface area (Å²) < 4.78 is 0. The first kappa shape index (κ1) is 11.4. The van der Waals surface area contributed by atoms with E-state index in [2.05, 4.69) is 19.9 Å². The van der Waals surface area contributed by atoms with Gasteiger partial charge in [0, 0.05) is 18.0 Å². The van der Waals surface area contributed by atoms with Gasteiger partial charge in [-0.15, -0.1) is 0 Å². The van der Waals surface area contributed by atoms with Gasteiger partial charge in [0.2, 0.25) is 0 Å². The topological polar surface area (TPSA) is 54.5 Å². The summed E-state index contributed by atoms with van der Waals surface area (Å²) in [6.07, 6.45) is 3.37. The van der Waals surface area contributed by atoms with Crippen molar-refractivity contribution in [2.75, 3.05) is 0 Å². The molecule has 0 fully saturated rings. The molecule has 5 heteroatoms. The Labute approximate surface area is 119 Å². The lowest BCUT2D eigenvalue weighted by molar-refractivity contribution is 1.28. The number of H-pyrrole nitrogens is 1. The number of para-hydroxylation sites is 1. The van der Waals surface area contributed by atoms with E-state index < -0.39 is 0 Å². The molecule has 0 unspecified atom stereocenters. The monoisotopic (exact) mass is 280 g/mol. The summed E-state index contributed by atoms with van der Waals surface area (Å²) in [4.78, 5) is 16.4. The molecule has 0 atom stereocenters. The summed E-state index contributed by atoms with van der Waals surface area (Å²) >= 11 is 6.15. The second-order valence-corrected chi connectivity index (χ2v) is 4.89. The van der Waals surface area contributed by atoms with Gasteiger partial charge < -0.3 is 4.98 Å². The van der Waals surface area contributed by atoms with E-state index in [1.54, 1.807) is 12.4 Å². The summed E-state index contributed by atoms with van der Waals surface area (Å²) in [6, 6.07) is 11.6. The van der Waals surface area contributed by atoms with Crippen LogP contribution in [0, 0.1) is 0 Å². The van der Waals surface area contributed by atoms with Crippen molar-refractivity contribution < 1.29 is 0 Å². The van der Waals surface area contributed by atoms with Crippen molar-refractivity contribution in [3.8, 4) is 11.4 Å². The van der Waals surface area contributed by atoms with Crippen molar-refractivity contribution >= 4 is 33.7 Å². The minimum absolute atomic E-state index is 0.644. The van der Waals surface area contributed by atoms with Gasteiger partial charge in [-0.2, -0.15) is 0 Å². The Morgan fingerprint density at radius 1 is 0.950 bits per heavy atom. The third-order valence-electron chi connectivity index (χ3n) is 3.21. The average Bonchev–Trinajstić information content (AvgIpc) is 2.92. The fourth-order valence-electron chi connectivity index (χ4n) is 2.24. The van der Waals surface area contributed by atoms with E-state index in [0.29, 0.717) is 5.02 Å². The summed E-state index contributed by atoms with van der Waals surface area (Å²) in [5.41, 5.74) is 4.38. The van der Waals surface area contributed by atoms with Crippen molar-refractivity contribution in [1.82, 2.24) is 19.9 Å². The molecule has 0 saturated carbocycles. The van der Waals surface area contributed by atoms with E-state index in [1.807, 2.05) is 36.4 Å². The fraction of sp³-hybridized carbons (Fsp3) is 0. The molecule has 0 amide bonds. The lowest BCUT2D eigenvalue weighted by Gasteiger charge is -1.99. The molecule has 4 aromatic rings. The zero-order chi connectivity index (χ0) is 13.5. The quantitative estimate of drug-likeness (QED) is 0.576. The lowest BCUT2D eigenvalue weighted by Crippen LogP contribution is -1.85. The number of aromatic amines is 1. The van der Waals surface area contributed by atoms with E-state index in [1.165, 1.54) is 0 Å². The Bertz CT molecular complexity index is 929. The van der Waals surface area contributed by atoms with Crippen LogP contribution in [0.4, 0.5) is 0 Å². The summed E-state index contributed by atoms with van der Waals surface area (Å²) in [7, 11) is 0. The molecule has 0 saturated heterocycles. The van der Waals surface area contributed by atoms with Gasteiger partial charge in [-0.05, 0) is 30.3 Å². The van der Waals surface area contributed by atoms with Crippen LogP contribution in [0.2, 0.25) is 5.02 Å². The molecule has 0 spiro atoms. The number of benzene rings is 2. The number of nitrogens with zero attached hydrogens (tertiary/aromatic N) is 3. The maximum atomic E-state index is 6.15. The first-order chi connectivity index (χ1) is 9.81. The predicted molar refractivity (Wildman–Crippen MR) is 79.6 cm³/mol. The van der Waals surface area contributed by atoms with Crippen LogP contribution >= 0.6 is 11.6 Å². The molecule has 2 aromatic carbocycles. The molecule has 0 aliphatic heterocycles. The number of halogens is 1. The Morgan fingerprint density at radius 3 is 2.65 bits per heavy atom. The van der Waals surface area contributed by atoms with Gasteiger partial charge in [-0.1, -0.05) is 17.7 Å². The molecule has 2 aromatic heterocycles. The molecular formula is C15H9ClN4. The van der Waals surface area contributed by atoms with Gasteiger partial charge in [0.05, 0.1) is 21.6 Å². The Hall–Kier alpha value is -2.46. The van der Waals surface area contributed by atoms with Crippen LogP contribution in [0.1, 0.15) is 0 Å². The van der Waals surface area contributed by atoms with Gasteiger partial charge in [0.25, 0.3) is 0 Å². The number of fused-ring (bicyclic) bond motifs is 2.